The lowest BCUT2D eigenvalue weighted by molar-refractivity contribution is 0.0534. The van der Waals surface area contributed by atoms with Crippen molar-refractivity contribution in [1.82, 2.24) is 24.8 Å². The molecule has 27 heavy (non-hydrogen) atoms. The molecule has 0 radical (unpaired) electrons. The summed E-state index contributed by atoms with van der Waals surface area (Å²) in [5, 5.41) is 3.96. The molecule has 0 unspecified atom stereocenters. The van der Waals surface area contributed by atoms with Gasteiger partial charge in [0.25, 0.3) is 0 Å². The minimum atomic E-state index is -0.0755. The van der Waals surface area contributed by atoms with Gasteiger partial charge in [-0.3, -0.25) is 0 Å². The predicted octanol–water partition coefficient (Wildman–Crippen LogP) is 2.29. The molecular weight excluding hydrogens is 344 g/mol. The first-order valence-corrected chi connectivity index (χ1v) is 9.14. The van der Waals surface area contributed by atoms with Crippen molar-refractivity contribution >= 4 is 33.8 Å². The highest BCUT2D eigenvalue weighted by molar-refractivity contribution is 6.06. The Morgan fingerprint density at radius 2 is 2.19 bits per heavy atom. The van der Waals surface area contributed by atoms with E-state index in [2.05, 4.69) is 20.9 Å². The number of hydrogen-bond acceptors (Lipinski definition) is 5. The van der Waals surface area contributed by atoms with Crippen LogP contribution in [-0.2, 0) is 11.3 Å². The number of urea groups is 1. The zero-order chi connectivity index (χ0) is 19.0. The molecule has 0 spiro atoms. The minimum Gasteiger partial charge on any atom is -0.382 e. The van der Waals surface area contributed by atoms with Gasteiger partial charge in [-0.25, -0.2) is 14.8 Å². The normalized spacial score (nSPS) is 16.4. The monoisotopic (exact) mass is 368 g/mol. The van der Waals surface area contributed by atoms with Crippen molar-refractivity contribution in [1.29, 1.82) is 0 Å². The van der Waals surface area contributed by atoms with E-state index in [0.29, 0.717) is 25.6 Å². The topological polar surface area (TPSA) is 98.3 Å². The maximum atomic E-state index is 11.7. The minimum absolute atomic E-state index is 0.0755. The Balaban J connectivity index is 1.65. The summed E-state index contributed by atoms with van der Waals surface area (Å²) in [6, 6.07) is 8.07. The van der Waals surface area contributed by atoms with Crippen LogP contribution in [0.4, 0.5) is 10.6 Å². The number of aromatic nitrogens is 3. The van der Waals surface area contributed by atoms with Crippen LogP contribution in [0.3, 0.4) is 0 Å². The number of carbonyl (C=O) groups excluding carboxylic acids is 1. The smallest absolute Gasteiger partial charge is 0.316 e. The maximum Gasteiger partial charge on any atom is 0.316 e. The van der Waals surface area contributed by atoms with E-state index in [1.54, 1.807) is 14.1 Å². The summed E-state index contributed by atoms with van der Waals surface area (Å²) in [4.78, 5) is 22.4. The van der Waals surface area contributed by atoms with Gasteiger partial charge in [0.2, 0.25) is 0 Å². The van der Waals surface area contributed by atoms with E-state index in [9.17, 15) is 4.79 Å². The molecule has 4 rings (SSSR count). The molecule has 3 heterocycles. The molecule has 1 aromatic carbocycles. The number of ether oxygens (including phenoxy) is 1. The third-order valence-corrected chi connectivity index (χ3v) is 4.93. The fourth-order valence-corrected chi connectivity index (χ4v) is 3.63. The Labute approximate surface area is 157 Å². The van der Waals surface area contributed by atoms with E-state index >= 15 is 0 Å². The van der Waals surface area contributed by atoms with E-state index in [1.807, 2.05) is 18.2 Å². The van der Waals surface area contributed by atoms with Gasteiger partial charge in [-0.1, -0.05) is 18.2 Å². The lowest BCUT2D eigenvalue weighted by Crippen LogP contribution is -2.35. The molecule has 1 atom stereocenters. The molecule has 0 bridgehead atoms. The molecule has 3 aromatic rings. The largest absolute Gasteiger partial charge is 0.382 e. The second-order valence-electron chi connectivity index (χ2n) is 7.05. The third kappa shape index (κ3) is 3.16. The first-order chi connectivity index (χ1) is 13.1. The molecule has 8 nitrogen and oxygen atoms in total. The van der Waals surface area contributed by atoms with Gasteiger partial charge in [0.15, 0.2) is 5.82 Å². The van der Waals surface area contributed by atoms with Gasteiger partial charge in [0.1, 0.15) is 17.9 Å². The molecular formula is C19H24N6O2. The number of fused-ring (bicyclic) bond motifs is 5. The second-order valence-corrected chi connectivity index (χ2v) is 7.05. The number of nitrogens with one attached hydrogen (secondary N) is 1. The number of rotatable bonds is 4. The van der Waals surface area contributed by atoms with Gasteiger partial charge >= 0.3 is 6.03 Å². The Hall–Kier alpha value is -2.87. The number of hydrogen-bond donors (Lipinski definition) is 2. The van der Waals surface area contributed by atoms with Crippen molar-refractivity contribution in [3.8, 4) is 0 Å². The number of carbonyl (C=O) groups is 1. The van der Waals surface area contributed by atoms with Crippen molar-refractivity contribution in [2.75, 3.05) is 33.0 Å². The molecule has 2 amide bonds. The summed E-state index contributed by atoms with van der Waals surface area (Å²) < 4.78 is 8.02. The molecule has 0 fully saturated rings. The summed E-state index contributed by atoms with van der Waals surface area (Å²) in [5.74, 6) is 1.33. The van der Waals surface area contributed by atoms with E-state index in [4.69, 9.17) is 15.5 Å². The molecule has 2 aromatic heterocycles. The number of nitrogens with zero attached hydrogens (tertiary/aromatic N) is 4. The van der Waals surface area contributed by atoms with E-state index in [1.165, 1.54) is 4.90 Å². The Kier molecular flexibility index (Phi) is 4.57. The van der Waals surface area contributed by atoms with Crippen molar-refractivity contribution < 1.29 is 9.53 Å². The van der Waals surface area contributed by atoms with Crippen LogP contribution >= 0.6 is 0 Å². The SMILES string of the molecule is CN(C)C(=O)NCCC[C@H]1COCc2nc3c(N)nc4ccccc4c3n21. The van der Waals surface area contributed by atoms with E-state index in [0.717, 1.165) is 40.6 Å². The number of amides is 2. The summed E-state index contributed by atoms with van der Waals surface area (Å²) >= 11 is 0. The van der Waals surface area contributed by atoms with Crippen molar-refractivity contribution in [2.45, 2.75) is 25.5 Å². The van der Waals surface area contributed by atoms with Gasteiger partial charge in [0, 0.05) is 26.0 Å². The van der Waals surface area contributed by atoms with Gasteiger partial charge < -0.3 is 25.3 Å². The lowest BCUT2D eigenvalue weighted by Gasteiger charge is -2.26. The molecule has 0 saturated carbocycles. The first kappa shape index (κ1) is 17.5. The number of benzene rings is 1. The number of pyridine rings is 1. The molecule has 0 aliphatic carbocycles. The summed E-state index contributed by atoms with van der Waals surface area (Å²) in [6.45, 7) is 1.72. The summed E-state index contributed by atoms with van der Waals surface area (Å²) in [6.07, 6.45) is 1.73. The van der Waals surface area contributed by atoms with Crippen LogP contribution in [0.15, 0.2) is 24.3 Å². The number of imidazole rings is 1. The Morgan fingerprint density at radius 1 is 1.37 bits per heavy atom. The number of nitrogen functional groups attached to an aromatic ring is 1. The van der Waals surface area contributed by atoms with Crippen LogP contribution < -0.4 is 11.1 Å². The van der Waals surface area contributed by atoms with Crippen LogP contribution in [0.25, 0.3) is 21.9 Å². The average Bonchev–Trinajstić information content (AvgIpc) is 3.06. The zero-order valence-corrected chi connectivity index (χ0v) is 15.6. The highest BCUT2D eigenvalue weighted by atomic mass is 16.5. The van der Waals surface area contributed by atoms with Crippen LogP contribution in [0.2, 0.25) is 0 Å². The van der Waals surface area contributed by atoms with Gasteiger partial charge in [0.05, 0.1) is 23.7 Å². The Bertz CT molecular complexity index is 997. The molecule has 8 heteroatoms. The van der Waals surface area contributed by atoms with E-state index in [-0.39, 0.29) is 12.1 Å². The van der Waals surface area contributed by atoms with Crippen LogP contribution in [0, 0.1) is 0 Å². The molecule has 3 N–H and O–H groups in total. The molecule has 1 aliphatic rings. The fourth-order valence-electron chi connectivity index (χ4n) is 3.63. The number of para-hydroxylation sites is 1. The van der Waals surface area contributed by atoms with Crippen molar-refractivity contribution in [3.63, 3.8) is 0 Å². The molecule has 0 saturated heterocycles. The second kappa shape index (κ2) is 7.03. The fraction of sp³-hybridized carbons (Fsp3) is 0.421. The van der Waals surface area contributed by atoms with Crippen molar-refractivity contribution in [2.24, 2.45) is 0 Å². The average molecular weight is 368 g/mol. The molecule has 1 aliphatic heterocycles. The first-order valence-electron chi connectivity index (χ1n) is 9.14. The number of anilines is 1. The standard InChI is InChI=1S/C19H24N6O2/c1-24(2)19(26)21-9-5-6-12-10-27-11-15-23-16-17(25(12)15)13-7-3-4-8-14(13)22-18(16)20/h3-4,7-8,12H,5-6,9-11H2,1-2H3,(H2,20,22)(H,21,26)/t12-/m0/s1. The quantitative estimate of drug-likeness (QED) is 0.689. The van der Waals surface area contributed by atoms with Crippen LogP contribution in [-0.4, -0.2) is 52.7 Å². The van der Waals surface area contributed by atoms with Gasteiger partial charge in [-0.2, -0.15) is 0 Å². The third-order valence-electron chi connectivity index (χ3n) is 4.93. The maximum absolute atomic E-state index is 11.7. The highest BCUT2D eigenvalue weighted by Crippen LogP contribution is 2.34. The van der Waals surface area contributed by atoms with Crippen LogP contribution in [0.1, 0.15) is 24.7 Å². The lowest BCUT2D eigenvalue weighted by atomic mass is 10.1. The highest BCUT2D eigenvalue weighted by Gasteiger charge is 2.26. The Morgan fingerprint density at radius 3 is 3.00 bits per heavy atom. The summed E-state index contributed by atoms with van der Waals surface area (Å²) in [5.41, 5.74) is 8.82. The van der Waals surface area contributed by atoms with Crippen molar-refractivity contribution in [3.05, 3.63) is 30.1 Å². The summed E-state index contributed by atoms with van der Waals surface area (Å²) in [7, 11) is 3.47. The van der Waals surface area contributed by atoms with Crippen LogP contribution in [0.5, 0.6) is 0 Å². The number of nitrogens with two attached hydrogens (primary N) is 1. The van der Waals surface area contributed by atoms with E-state index < -0.39 is 0 Å². The predicted molar refractivity (Wildman–Crippen MR) is 104 cm³/mol. The molecule has 142 valence electrons. The zero-order valence-electron chi connectivity index (χ0n) is 15.6. The van der Waals surface area contributed by atoms with Gasteiger partial charge in [-0.05, 0) is 18.9 Å². The van der Waals surface area contributed by atoms with Gasteiger partial charge in [-0.15, -0.1) is 0 Å².